The van der Waals surface area contributed by atoms with Crippen molar-refractivity contribution in [3.05, 3.63) is 47.5 Å². The number of esters is 1. The van der Waals surface area contributed by atoms with Crippen LogP contribution in [0.3, 0.4) is 0 Å². The van der Waals surface area contributed by atoms with E-state index in [0.29, 0.717) is 12.5 Å². The van der Waals surface area contributed by atoms with E-state index in [1.54, 1.807) is 6.08 Å². The fraction of sp³-hybridized carbons (Fsp3) is 0.526. The number of hydrogen-bond acceptors (Lipinski definition) is 2. The Morgan fingerprint density at radius 3 is 2.52 bits per heavy atom. The highest BCUT2D eigenvalue weighted by Crippen LogP contribution is 2.29. The van der Waals surface area contributed by atoms with Crippen LogP contribution in [-0.2, 0) is 9.53 Å². The van der Waals surface area contributed by atoms with Gasteiger partial charge in [-0.1, -0.05) is 62.1 Å². The summed E-state index contributed by atoms with van der Waals surface area (Å²) in [6, 6.07) is 10.6. The van der Waals surface area contributed by atoms with E-state index >= 15 is 0 Å². The Morgan fingerprint density at radius 1 is 1.19 bits per heavy atom. The highest BCUT2D eigenvalue weighted by Gasteiger charge is 2.12. The molecule has 1 atom stereocenters. The number of carbonyl (C=O) groups excluding carboxylic acids is 1. The third kappa shape index (κ3) is 7.12. The largest absolute Gasteiger partial charge is 0.463 e. The van der Waals surface area contributed by atoms with Crippen LogP contribution in [0.4, 0.5) is 0 Å². The van der Waals surface area contributed by atoms with Crippen LogP contribution in [0.2, 0.25) is 0 Å². The predicted octanol–water partition coefficient (Wildman–Crippen LogP) is 5.25. The van der Waals surface area contributed by atoms with Gasteiger partial charge in [0.25, 0.3) is 0 Å². The molecular formula is C19H28O2. The zero-order valence-electron chi connectivity index (χ0n) is 13.6. The zero-order valence-corrected chi connectivity index (χ0v) is 13.6. The minimum absolute atomic E-state index is 0.227. The number of rotatable bonds is 9. The quantitative estimate of drug-likeness (QED) is 0.352. The summed E-state index contributed by atoms with van der Waals surface area (Å²) in [5, 5.41) is 0. The topological polar surface area (TPSA) is 26.3 Å². The molecule has 0 N–H and O–H groups in total. The lowest BCUT2D eigenvalue weighted by Crippen LogP contribution is -2.04. The summed E-state index contributed by atoms with van der Waals surface area (Å²) in [4.78, 5) is 11.5. The number of allylic oxidation sites excluding steroid dienone is 1. The molecule has 0 heterocycles. The molecule has 0 amide bonds. The lowest BCUT2D eigenvalue weighted by molar-refractivity contribution is -0.137. The summed E-state index contributed by atoms with van der Waals surface area (Å²) >= 11 is 0. The van der Waals surface area contributed by atoms with E-state index in [4.69, 9.17) is 4.74 Å². The van der Waals surface area contributed by atoms with Crippen molar-refractivity contribution >= 4 is 5.97 Å². The van der Waals surface area contributed by atoms with Crippen molar-refractivity contribution in [2.75, 3.05) is 6.61 Å². The van der Waals surface area contributed by atoms with Crippen LogP contribution in [0, 0.1) is 0 Å². The van der Waals surface area contributed by atoms with Crippen LogP contribution in [0.5, 0.6) is 0 Å². The van der Waals surface area contributed by atoms with Gasteiger partial charge in [0, 0.05) is 6.08 Å². The summed E-state index contributed by atoms with van der Waals surface area (Å²) in [5.74, 6) is 0.263. The molecule has 116 valence electrons. The molecule has 0 aliphatic carbocycles. The van der Waals surface area contributed by atoms with Crippen molar-refractivity contribution in [3.8, 4) is 0 Å². The maximum Gasteiger partial charge on any atom is 0.330 e. The normalized spacial score (nSPS) is 13.0. The average molecular weight is 288 g/mol. The molecule has 0 aliphatic heterocycles. The number of benzene rings is 1. The summed E-state index contributed by atoms with van der Waals surface area (Å²) < 4.78 is 4.98. The smallest absolute Gasteiger partial charge is 0.330 e. The van der Waals surface area contributed by atoms with Crippen LogP contribution in [0.15, 0.2) is 42.0 Å². The van der Waals surface area contributed by atoms with Gasteiger partial charge in [0.1, 0.15) is 0 Å². The van der Waals surface area contributed by atoms with Crippen LogP contribution in [0.1, 0.15) is 64.4 Å². The van der Waals surface area contributed by atoms with Gasteiger partial charge in [-0.15, -0.1) is 0 Å². The average Bonchev–Trinajstić information content (AvgIpc) is 2.47. The van der Waals surface area contributed by atoms with E-state index in [9.17, 15) is 4.79 Å². The molecule has 0 aromatic heterocycles. The minimum atomic E-state index is -0.227. The number of hydrogen-bond donors (Lipinski definition) is 0. The van der Waals surface area contributed by atoms with Crippen LogP contribution < -0.4 is 0 Å². The van der Waals surface area contributed by atoms with Gasteiger partial charge < -0.3 is 4.74 Å². The number of ether oxygens (including phenoxy) is 1. The maximum atomic E-state index is 11.5. The molecule has 21 heavy (non-hydrogen) atoms. The Hall–Kier alpha value is -1.57. The van der Waals surface area contributed by atoms with E-state index in [0.717, 1.165) is 12.0 Å². The summed E-state index contributed by atoms with van der Waals surface area (Å²) in [5.41, 5.74) is 2.46. The molecule has 0 aliphatic rings. The zero-order chi connectivity index (χ0) is 15.5. The van der Waals surface area contributed by atoms with E-state index in [1.807, 2.05) is 19.9 Å². The standard InChI is InChI=1S/C19H28O2/c1-4-6-8-13-18(17-11-9-7-10-12-17)14-16(3)15-19(20)21-5-2/h7,9-12,15,18H,4-6,8,13-14H2,1-3H3/b16-15-. The first-order valence-corrected chi connectivity index (χ1v) is 8.06. The van der Waals surface area contributed by atoms with Gasteiger partial charge in [-0.25, -0.2) is 4.79 Å². The molecule has 0 radical (unpaired) electrons. The molecule has 0 saturated carbocycles. The second kappa shape index (κ2) is 10.2. The van der Waals surface area contributed by atoms with Crippen molar-refractivity contribution in [1.29, 1.82) is 0 Å². The van der Waals surface area contributed by atoms with Crippen LogP contribution in [-0.4, -0.2) is 12.6 Å². The Balaban J connectivity index is 2.70. The van der Waals surface area contributed by atoms with Crippen molar-refractivity contribution in [2.45, 2.75) is 58.8 Å². The molecule has 0 spiro atoms. The monoisotopic (exact) mass is 288 g/mol. The van der Waals surface area contributed by atoms with Gasteiger partial charge in [-0.05, 0) is 38.2 Å². The Kier molecular flexibility index (Phi) is 8.49. The second-order valence-electron chi connectivity index (χ2n) is 5.55. The van der Waals surface area contributed by atoms with Crippen molar-refractivity contribution in [2.24, 2.45) is 0 Å². The van der Waals surface area contributed by atoms with Crippen LogP contribution >= 0.6 is 0 Å². The SMILES string of the molecule is CCCCCC(C/C(C)=C\C(=O)OCC)c1ccccc1. The van der Waals surface area contributed by atoms with Gasteiger partial charge in [0.05, 0.1) is 6.61 Å². The first-order valence-electron chi connectivity index (χ1n) is 8.06. The second-order valence-corrected chi connectivity index (χ2v) is 5.55. The third-order valence-corrected chi connectivity index (χ3v) is 3.65. The van der Waals surface area contributed by atoms with Gasteiger partial charge >= 0.3 is 5.97 Å². The molecule has 0 bridgehead atoms. The minimum Gasteiger partial charge on any atom is -0.463 e. The van der Waals surface area contributed by atoms with Crippen molar-refractivity contribution in [1.82, 2.24) is 0 Å². The molecule has 2 nitrogen and oxygen atoms in total. The van der Waals surface area contributed by atoms with Gasteiger partial charge in [-0.2, -0.15) is 0 Å². The molecule has 1 rings (SSSR count). The predicted molar refractivity (Wildman–Crippen MR) is 88.3 cm³/mol. The molecular weight excluding hydrogens is 260 g/mol. The molecule has 2 heteroatoms. The fourth-order valence-electron chi connectivity index (χ4n) is 2.59. The number of unbranched alkanes of at least 4 members (excludes halogenated alkanes) is 2. The Labute approximate surface area is 129 Å². The summed E-state index contributed by atoms with van der Waals surface area (Å²) in [6.45, 7) is 6.51. The van der Waals surface area contributed by atoms with Crippen molar-refractivity contribution in [3.63, 3.8) is 0 Å². The van der Waals surface area contributed by atoms with Gasteiger partial charge in [-0.3, -0.25) is 0 Å². The van der Waals surface area contributed by atoms with E-state index in [2.05, 4.69) is 31.2 Å². The Morgan fingerprint density at radius 2 is 1.90 bits per heavy atom. The van der Waals surface area contributed by atoms with Gasteiger partial charge in [0.15, 0.2) is 0 Å². The van der Waals surface area contributed by atoms with E-state index in [1.165, 1.54) is 31.2 Å². The first-order chi connectivity index (χ1) is 10.2. The molecule has 1 unspecified atom stereocenters. The lowest BCUT2D eigenvalue weighted by atomic mass is 9.88. The van der Waals surface area contributed by atoms with Crippen molar-refractivity contribution < 1.29 is 9.53 Å². The molecule has 0 fully saturated rings. The molecule has 0 saturated heterocycles. The summed E-state index contributed by atoms with van der Waals surface area (Å²) in [7, 11) is 0. The lowest BCUT2D eigenvalue weighted by Gasteiger charge is -2.18. The van der Waals surface area contributed by atoms with Gasteiger partial charge in [0.2, 0.25) is 0 Å². The third-order valence-electron chi connectivity index (χ3n) is 3.65. The maximum absolute atomic E-state index is 11.5. The Bertz CT molecular complexity index is 434. The van der Waals surface area contributed by atoms with E-state index in [-0.39, 0.29) is 5.97 Å². The van der Waals surface area contributed by atoms with Crippen LogP contribution in [0.25, 0.3) is 0 Å². The molecule has 1 aromatic rings. The highest BCUT2D eigenvalue weighted by atomic mass is 16.5. The number of carbonyl (C=O) groups is 1. The summed E-state index contributed by atoms with van der Waals surface area (Å²) in [6.07, 6.45) is 7.48. The first kappa shape index (κ1) is 17.5. The fourth-order valence-corrected chi connectivity index (χ4v) is 2.59. The highest BCUT2D eigenvalue weighted by molar-refractivity contribution is 5.82. The van der Waals surface area contributed by atoms with E-state index < -0.39 is 0 Å². The molecule has 1 aromatic carbocycles.